The van der Waals surface area contributed by atoms with Crippen molar-refractivity contribution in [2.24, 2.45) is 5.92 Å². The van der Waals surface area contributed by atoms with Gasteiger partial charge in [0.2, 0.25) is 11.9 Å². The maximum atomic E-state index is 11.6. The number of carbonyl (C=O) groups is 1. The average Bonchev–Trinajstić information content (AvgIpc) is 2.94. The summed E-state index contributed by atoms with van der Waals surface area (Å²) >= 11 is 0. The quantitative estimate of drug-likeness (QED) is 0.705. The zero-order valence-electron chi connectivity index (χ0n) is 11.3. The Labute approximate surface area is 115 Å². The van der Waals surface area contributed by atoms with Gasteiger partial charge in [0.05, 0.1) is 6.33 Å². The minimum atomic E-state index is 0.0766. The molecule has 0 radical (unpaired) electrons. The maximum Gasteiger partial charge on any atom is 0.224 e. The van der Waals surface area contributed by atoms with Gasteiger partial charge in [0.15, 0.2) is 11.5 Å². The predicted molar refractivity (Wildman–Crippen MR) is 75.1 cm³/mol. The van der Waals surface area contributed by atoms with Crippen LogP contribution in [0.25, 0.3) is 11.2 Å². The van der Waals surface area contributed by atoms with Gasteiger partial charge in [-0.1, -0.05) is 0 Å². The second-order valence-electron chi connectivity index (χ2n) is 4.88. The van der Waals surface area contributed by atoms with Crippen LogP contribution in [0.4, 0.5) is 11.8 Å². The van der Waals surface area contributed by atoms with Crippen molar-refractivity contribution in [2.45, 2.75) is 12.8 Å². The molecule has 106 valence electrons. The molecule has 1 aliphatic rings. The smallest absolute Gasteiger partial charge is 0.224 e. The van der Waals surface area contributed by atoms with Gasteiger partial charge >= 0.3 is 0 Å². The first-order chi connectivity index (χ1) is 9.69. The van der Waals surface area contributed by atoms with Crippen molar-refractivity contribution >= 4 is 28.8 Å². The summed E-state index contributed by atoms with van der Waals surface area (Å²) in [5.74, 6) is 1.17. The Bertz CT molecular complexity index is 630. The Morgan fingerprint density at radius 3 is 2.90 bits per heavy atom. The van der Waals surface area contributed by atoms with Gasteiger partial charge in [0.25, 0.3) is 0 Å². The van der Waals surface area contributed by atoms with Crippen LogP contribution in [-0.2, 0) is 4.79 Å². The molecule has 1 fully saturated rings. The third-order valence-electron chi connectivity index (χ3n) is 3.70. The van der Waals surface area contributed by atoms with Crippen LogP contribution in [0.3, 0.4) is 0 Å². The maximum absolute atomic E-state index is 11.6. The Morgan fingerprint density at radius 2 is 2.20 bits per heavy atom. The largest absolute Gasteiger partial charge is 0.368 e. The number of rotatable bonds is 2. The van der Waals surface area contributed by atoms with Crippen molar-refractivity contribution in [1.82, 2.24) is 25.3 Å². The highest BCUT2D eigenvalue weighted by atomic mass is 16.1. The summed E-state index contributed by atoms with van der Waals surface area (Å²) in [6, 6.07) is 0. The highest BCUT2D eigenvalue weighted by molar-refractivity contribution is 5.84. The van der Waals surface area contributed by atoms with Crippen molar-refractivity contribution in [3.63, 3.8) is 0 Å². The SMILES string of the molecule is CNC(=O)C1CCN(c2nc(N)nc3nc[nH]c23)CC1. The molecule has 0 aromatic carbocycles. The van der Waals surface area contributed by atoms with E-state index in [2.05, 4.69) is 30.2 Å². The van der Waals surface area contributed by atoms with Gasteiger partial charge in [0.1, 0.15) is 5.52 Å². The lowest BCUT2D eigenvalue weighted by molar-refractivity contribution is -0.125. The van der Waals surface area contributed by atoms with Gasteiger partial charge in [0, 0.05) is 26.1 Å². The van der Waals surface area contributed by atoms with Crippen LogP contribution in [0, 0.1) is 5.92 Å². The first kappa shape index (κ1) is 12.6. The van der Waals surface area contributed by atoms with Gasteiger partial charge in [-0.3, -0.25) is 4.79 Å². The van der Waals surface area contributed by atoms with Crippen molar-refractivity contribution < 1.29 is 4.79 Å². The molecule has 8 heteroatoms. The molecular weight excluding hydrogens is 258 g/mol. The van der Waals surface area contributed by atoms with Gasteiger partial charge < -0.3 is 20.9 Å². The zero-order valence-corrected chi connectivity index (χ0v) is 11.3. The van der Waals surface area contributed by atoms with Crippen molar-refractivity contribution in [3.05, 3.63) is 6.33 Å². The lowest BCUT2D eigenvalue weighted by Gasteiger charge is -2.32. The molecule has 0 spiro atoms. The molecule has 2 aromatic heterocycles. The van der Waals surface area contributed by atoms with E-state index in [1.165, 1.54) is 0 Å². The molecule has 20 heavy (non-hydrogen) atoms. The zero-order chi connectivity index (χ0) is 14.1. The number of aromatic amines is 1. The number of nitrogens with zero attached hydrogens (tertiary/aromatic N) is 4. The second-order valence-corrected chi connectivity index (χ2v) is 4.88. The Morgan fingerprint density at radius 1 is 1.45 bits per heavy atom. The highest BCUT2D eigenvalue weighted by Crippen LogP contribution is 2.26. The van der Waals surface area contributed by atoms with Gasteiger partial charge in [-0.05, 0) is 12.8 Å². The summed E-state index contributed by atoms with van der Waals surface area (Å²) in [4.78, 5) is 29.3. The molecule has 3 heterocycles. The van der Waals surface area contributed by atoms with E-state index < -0.39 is 0 Å². The second kappa shape index (κ2) is 4.95. The third kappa shape index (κ3) is 2.13. The molecule has 0 saturated carbocycles. The number of fused-ring (bicyclic) bond motifs is 1. The summed E-state index contributed by atoms with van der Waals surface area (Å²) in [5.41, 5.74) is 7.08. The number of H-pyrrole nitrogens is 1. The van der Waals surface area contributed by atoms with E-state index in [1.54, 1.807) is 13.4 Å². The number of nitrogen functional groups attached to an aromatic ring is 1. The summed E-state index contributed by atoms with van der Waals surface area (Å²) in [6.45, 7) is 1.53. The molecule has 0 bridgehead atoms. The molecule has 0 aliphatic carbocycles. The van der Waals surface area contributed by atoms with Crippen molar-refractivity contribution in [1.29, 1.82) is 0 Å². The van der Waals surface area contributed by atoms with Crippen LogP contribution in [0.1, 0.15) is 12.8 Å². The summed E-state index contributed by atoms with van der Waals surface area (Å²) < 4.78 is 0. The van der Waals surface area contributed by atoms with Crippen molar-refractivity contribution in [2.75, 3.05) is 30.8 Å². The summed E-state index contributed by atoms with van der Waals surface area (Å²) in [5, 5.41) is 2.70. The van der Waals surface area contributed by atoms with Gasteiger partial charge in [-0.2, -0.15) is 9.97 Å². The Balaban J connectivity index is 1.83. The van der Waals surface area contributed by atoms with Gasteiger partial charge in [-0.25, -0.2) is 4.98 Å². The Hall–Kier alpha value is -2.38. The molecule has 1 saturated heterocycles. The number of hydrogen-bond donors (Lipinski definition) is 3. The standard InChI is InChI=1S/C12H17N7O/c1-14-11(20)7-2-4-19(5-3-7)10-8-9(16-6-15-8)17-12(13)18-10/h6-7H,2-5H2,1H3,(H,14,20)(H3,13,15,16,17,18). The summed E-state index contributed by atoms with van der Waals surface area (Å²) in [7, 11) is 1.67. The number of anilines is 2. The van der Waals surface area contributed by atoms with Crippen LogP contribution in [0.2, 0.25) is 0 Å². The van der Waals surface area contributed by atoms with Crippen LogP contribution in [0.5, 0.6) is 0 Å². The molecule has 1 aliphatic heterocycles. The number of carbonyl (C=O) groups excluding carboxylic acids is 1. The molecule has 2 aromatic rings. The number of nitrogens with one attached hydrogen (secondary N) is 2. The number of hydrogen-bond acceptors (Lipinski definition) is 6. The normalized spacial score (nSPS) is 16.6. The van der Waals surface area contributed by atoms with E-state index in [4.69, 9.17) is 5.73 Å². The first-order valence-corrected chi connectivity index (χ1v) is 6.62. The predicted octanol–water partition coefficient (Wildman–Crippen LogP) is -0.102. The number of imidazole rings is 1. The van der Waals surface area contributed by atoms with Crippen LogP contribution in [0.15, 0.2) is 6.33 Å². The number of amides is 1. The van der Waals surface area contributed by atoms with E-state index in [0.29, 0.717) is 5.65 Å². The van der Waals surface area contributed by atoms with Crippen molar-refractivity contribution in [3.8, 4) is 0 Å². The lowest BCUT2D eigenvalue weighted by atomic mass is 9.96. The minimum absolute atomic E-state index is 0.0766. The third-order valence-corrected chi connectivity index (χ3v) is 3.70. The molecule has 3 rings (SSSR count). The van der Waals surface area contributed by atoms with E-state index in [1.807, 2.05) is 0 Å². The fourth-order valence-electron chi connectivity index (χ4n) is 2.62. The average molecular weight is 275 g/mol. The lowest BCUT2D eigenvalue weighted by Crippen LogP contribution is -2.40. The molecule has 4 N–H and O–H groups in total. The Kier molecular flexibility index (Phi) is 3.13. The van der Waals surface area contributed by atoms with E-state index in [0.717, 1.165) is 37.3 Å². The fourth-order valence-corrected chi connectivity index (χ4v) is 2.62. The van der Waals surface area contributed by atoms with Crippen LogP contribution >= 0.6 is 0 Å². The highest BCUT2D eigenvalue weighted by Gasteiger charge is 2.26. The monoisotopic (exact) mass is 275 g/mol. The van der Waals surface area contributed by atoms with Crippen LogP contribution in [-0.4, -0.2) is 46.0 Å². The number of nitrogens with two attached hydrogens (primary N) is 1. The first-order valence-electron chi connectivity index (χ1n) is 6.62. The number of aromatic nitrogens is 4. The van der Waals surface area contributed by atoms with Gasteiger partial charge in [-0.15, -0.1) is 0 Å². The molecule has 0 unspecified atom stereocenters. The topological polar surface area (TPSA) is 113 Å². The number of piperidine rings is 1. The molecule has 8 nitrogen and oxygen atoms in total. The fraction of sp³-hybridized carbons (Fsp3) is 0.500. The molecule has 1 amide bonds. The van der Waals surface area contributed by atoms with E-state index in [-0.39, 0.29) is 17.8 Å². The van der Waals surface area contributed by atoms with E-state index in [9.17, 15) is 4.79 Å². The molecular formula is C12H17N7O. The van der Waals surface area contributed by atoms with E-state index >= 15 is 0 Å². The minimum Gasteiger partial charge on any atom is -0.368 e. The van der Waals surface area contributed by atoms with Crippen LogP contribution < -0.4 is 16.0 Å². The summed E-state index contributed by atoms with van der Waals surface area (Å²) in [6.07, 6.45) is 3.19. The molecule has 0 atom stereocenters.